The van der Waals surface area contributed by atoms with E-state index in [1.807, 2.05) is 6.20 Å². The lowest BCUT2D eigenvalue weighted by molar-refractivity contribution is 1.34. The molecule has 2 aromatic rings. The smallest absolute Gasteiger partial charge is 0.0784 e. The Morgan fingerprint density at radius 3 is 2.53 bits per heavy atom. The number of benzene rings is 1. The Labute approximate surface area is 92.2 Å². The quantitative estimate of drug-likeness (QED) is 0.666. The Bertz CT molecular complexity index is 497. The summed E-state index contributed by atoms with van der Waals surface area (Å²) in [5.41, 5.74) is 2.37. The van der Waals surface area contributed by atoms with Gasteiger partial charge in [-0.15, -0.1) is 0 Å². The van der Waals surface area contributed by atoms with Crippen molar-refractivity contribution in [3.8, 4) is 0 Å². The van der Waals surface area contributed by atoms with E-state index in [0.717, 1.165) is 5.52 Å². The number of fused-ring (bicyclic) bond motifs is 1. The normalized spacial score (nSPS) is 12.0. The van der Waals surface area contributed by atoms with Gasteiger partial charge in [0.05, 0.1) is 13.6 Å². The molecule has 0 aliphatic rings. The van der Waals surface area contributed by atoms with Gasteiger partial charge in [-0.2, -0.15) is 0 Å². The Balaban J connectivity index is 2.80. The predicted molar refractivity (Wildman–Crippen MR) is 69.5 cm³/mol. The highest BCUT2D eigenvalue weighted by atomic mass is 28.3. The summed E-state index contributed by atoms with van der Waals surface area (Å²) in [6, 6.07) is 8.74. The summed E-state index contributed by atoms with van der Waals surface area (Å²) >= 11 is 0. The molecule has 0 aliphatic heterocycles. The maximum absolute atomic E-state index is 4.48. The molecular formula is C13H17NSi. The van der Waals surface area contributed by atoms with Crippen LogP contribution in [0.25, 0.3) is 10.9 Å². The molecule has 15 heavy (non-hydrogen) atoms. The zero-order valence-electron chi connectivity index (χ0n) is 9.83. The first-order chi connectivity index (χ1) is 6.98. The second-order valence-electron chi connectivity index (χ2n) is 5.13. The van der Waals surface area contributed by atoms with E-state index >= 15 is 0 Å². The van der Waals surface area contributed by atoms with Crippen LogP contribution in [0.4, 0.5) is 0 Å². The lowest BCUT2D eigenvalue weighted by atomic mass is 10.2. The van der Waals surface area contributed by atoms with E-state index in [2.05, 4.69) is 55.8 Å². The molecule has 1 aromatic carbocycles. The van der Waals surface area contributed by atoms with Gasteiger partial charge in [-0.1, -0.05) is 37.0 Å². The summed E-state index contributed by atoms with van der Waals surface area (Å²) in [4.78, 5) is 4.48. The molecule has 0 N–H and O–H groups in total. The minimum atomic E-state index is -1.26. The fourth-order valence-electron chi connectivity index (χ4n) is 1.91. The van der Waals surface area contributed by atoms with Crippen LogP contribution < -0.4 is 5.19 Å². The third-order valence-electron chi connectivity index (χ3n) is 2.67. The van der Waals surface area contributed by atoms with Crippen LogP contribution in [0.2, 0.25) is 19.6 Å². The number of rotatable bonds is 1. The van der Waals surface area contributed by atoms with E-state index in [1.54, 1.807) is 0 Å². The SMILES string of the molecule is Cc1cnc2cccc([Si](C)(C)C)c2c1. The van der Waals surface area contributed by atoms with Crippen molar-refractivity contribution in [1.82, 2.24) is 4.98 Å². The Hall–Kier alpha value is -1.15. The highest BCUT2D eigenvalue weighted by Gasteiger charge is 2.18. The summed E-state index contributed by atoms with van der Waals surface area (Å²) < 4.78 is 0. The number of aromatic nitrogens is 1. The Morgan fingerprint density at radius 1 is 1.13 bits per heavy atom. The number of nitrogens with zero attached hydrogens (tertiary/aromatic N) is 1. The van der Waals surface area contributed by atoms with Crippen LogP contribution in [0.15, 0.2) is 30.5 Å². The molecule has 0 unspecified atom stereocenters. The summed E-state index contributed by atoms with van der Waals surface area (Å²) in [5.74, 6) is 0. The first-order valence-electron chi connectivity index (χ1n) is 5.34. The van der Waals surface area contributed by atoms with Crippen molar-refractivity contribution in [1.29, 1.82) is 0 Å². The molecule has 2 rings (SSSR count). The highest BCUT2D eigenvalue weighted by Crippen LogP contribution is 2.15. The predicted octanol–water partition coefficient (Wildman–Crippen LogP) is 3.09. The standard InChI is InChI=1S/C13H17NSi/c1-10-8-11-12(14-9-10)6-5-7-13(11)15(2,3)4/h5-9H,1-4H3. The van der Waals surface area contributed by atoms with Crippen LogP contribution in [0.3, 0.4) is 0 Å². The van der Waals surface area contributed by atoms with Crippen LogP contribution in [-0.2, 0) is 0 Å². The van der Waals surface area contributed by atoms with Crippen molar-refractivity contribution in [3.05, 3.63) is 36.0 Å². The van der Waals surface area contributed by atoms with Crippen molar-refractivity contribution in [3.63, 3.8) is 0 Å². The zero-order chi connectivity index (χ0) is 11.1. The molecule has 2 heteroatoms. The van der Waals surface area contributed by atoms with E-state index in [9.17, 15) is 0 Å². The van der Waals surface area contributed by atoms with Crippen LogP contribution in [-0.4, -0.2) is 13.1 Å². The molecule has 1 nitrogen and oxygen atoms in total. The van der Waals surface area contributed by atoms with Gasteiger partial charge in [-0.3, -0.25) is 4.98 Å². The van der Waals surface area contributed by atoms with Gasteiger partial charge in [-0.05, 0) is 30.0 Å². The van der Waals surface area contributed by atoms with Crippen LogP contribution >= 0.6 is 0 Å². The minimum Gasteiger partial charge on any atom is -0.256 e. The second-order valence-corrected chi connectivity index (χ2v) is 10.2. The van der Waals surface area contributed by atoms with E-state index in [1.165, 1.54) is 16.1 Å². The summed E-state index contributed by atoms with van der Waals surface area (Å²) in [6.07, 6.45) is 1.94. The average molecular weight is 215 g/mol. The average Bonchev–Trinajstić information content (AvgIpc) is 2.15. The van der Waals surface area contributed by atoms with Gasteiger partial charge in [0.15, 0.2) is 0 Å². The molecule has 0 saturated carbocycles. The molecular weight excluding hydrogens is 198 g/mol. The van der Waals surface area contributed by atoms with Gasteiger partial charge in [0.25, 0.3) is 0 Å². The van der Waals surface area contributed by atoms with Crippen LogP contribution in [0.1, 0.15) is 5.56 Å². The first kappa shape index (κ1) is 10.4. The van der Waals surface area contributed by atoms with Crippen LogP contribution in [0, 0.1) is 6.92 Å². The third-order valence-corrected chi connectivity index (χ3v) is 4.72. The third kappa shape index (κ3) is 1.95. The lowest BCUT2D eigenvalue weighted by Gasteiger charge is -2.18. The maximum Gasteiger partial charge on any atom is 0.0784 e. The summed E-state index contributed by atoms with van der Waals surface area (Å²) in [6.45, 7) is 9.24. The van der Waals surface area contributed by atoms with E-state index in [4.69, 9.17) is 0 Å². The van der Waals surface area contributed by atoms with Crippen molar-refractivity contribution in [2.45, 2.75) is 26.6 Å². The molecule has 0 amide bonds. The van der Waals surface area contributed by atoms with Crippen molar-refractivity contribution in [2.75, 3.05) is 0 Å². The molecule has 1 aromatic heterocycles. The van der Waals surface area contributed by atoms with Crippen molar-refractivity contribution < 1.29 is 0 Å². The number of hydrogen-bond donors (Lipinski definition) is 0. The molecule has 0 aliphatic carbocycles. The molecule has 0 spiro atoms. The maximum atomic E-state index is 4.48. The van der Waals surface area contributed by atoms with Crippen molar-refractivity contribution in [2.24, 2.45) is 0 Å². The largest absolute Gasteiger partial charge is 0.256 e. The van der Waals surface area contributed by atoms with Gasteiger partial charge in [-0.25, -0.2) is 0 Å². The van der Waals surface area contributed by atoms with E-state index < -0.39 is 8.07 Å². The lowest BCUT2D eigenvalue weighted by Crippen LogP contribution is -2.38. The zero-order valence-corrected chi connectivity index (χ0v) is 10.8. The molecule has 0 radical (unpaired) electrons. The summed E-state index contributed by atoms with van der Waals surface area (Å²) in [5, 5.41) is 2.85. The topological polar surface area (TPSA) is 12.9 Å². The molecule has 0 fully saturated rings. The molecule has 0 saturated heterocycles. The number of hydrogen-bond acceptors (Lipinski definition) is 1. The van der Waals surface area contributed by atoms with Crippen LogP contribution in [0.5, 0.6) is 0 Å². The van der Waals surface area contributed by atoms with E-state index in [0.29, 0.717) is 0 Å². The number of aryl methyl sites for hydroxylation is 1. The molecule has 0 bridgehead atoms. The highest BCUT2D eigenvalue weighted by molar-refractivity contribution is 6.90. The minimum absolute atomic E-state index is 1.13. The monoisotopic (exact) mass is 215 g/mol. The fraction of sp³-hybridized carbons (Fsp3) is 0.308. The Morgan fingerprint density at radius 2 is 1.87 bits per heavy atom. The van der Waals surface area contributed by atoms with Gasteiger partial charge < -0.3 is 0 Å². The molecule has 0 atom stereocenters. The molecule has 1 heterocycles. The molecule has 78 valence electrons. The first-order valence-corrected chi connectivity index (χ1v) is 8.84. The fourth-order valence-corrected chi connectivity index (χ4v) is 3.51. The van der Waals surface area contributed by atoms with Crippen molar-refractivity contribution >= 4 is 24.2 Å². The van der Waals surface area contributed by atoms with Gasteiger partial charge in [0, 0.05) is 6.20 Å². The van der Waals surface area contributed by atoms with Gasteiger partial charge >= 0.3 is 0 Å². The number of pyridine rings is 1. The second kappa shape index (κ2) is 3.45. The Kier molecular flexibility index (Phi) is 2.39. The van der Waals surface area contributed by atoms with E-state index in [-0.39, 0.29) is 0 Å². The summed E-state index contributed by atoms with van der Waals surface area (Å²) in [7, 11) is -1.26. The van der Waals surface area contributed by atoms with Gasteiger partial charge in [0.1, 0.15) is 0 Å². The van der Waals surface area contributed by atoms with Gasteiger partial charge in [0.2, 0.25) is 0 Å².